The van der Waals surface area contributed by atoms with Gasteiger partial charge in [-0.1, -0.05) is 0 Å². The summed E-state index contributed by atoms with van der Waals surface area (Å²) in [5.41, 5.74) is -0.0939. The van der Waals surface area contributed by atoms with E-state index in [1.54, 1.807) is 18.2 Å². The molecule has 0 bridgehead atoms. The summed E-state index contributed by atoms with van der Waals surface area (Å²) in [7, 11) is 0. The van der Waals surface area contributed by atoms with Crippen LogP contribution in [0.5, 0.6) is 11.5 Å². The largest absolute Gasteiger partial charge is 0.486 e. The topological polar surface area (TPSA) is 67.9 Å². The Bertz CT molecular complexity index is 944. The number of fused-ring (bicyclic) bond motifs is 1. The van der Waals surface area contributed by atoms with E-state index in [9.17, 15) is 22.8 Å². The number of benzene rings is 2. The number of ether oxygens (including phenoxy) is 2. The monoisotopic (exact) mass is 406 g/mol. The van der Waals surface area contributed by atoms with Gasteiger partial charge in [0.15, 0.2) is 11.5 Å². The maximum absolute atomic E-state index is 12.6. The standard InChI is InChI=1S/C20H17F3N2O4/c21-20(22,23)13-3-1-12(2-4-13)19(27)24-14-9-18(26)25(11-14)15-5-6-16-17(10-15)29-8-7-28-16/h1-6,10,14H,7-9,11H2,(H,24,27)/t14-/m1/s1. The fourth-order valence-electron chi connectivity index (χ4n) is 3.33. The molecule has 2 aliphatic rings. The summed E-state index contributed by atoms with van der Waals surface area (Å²) in [6, 6.07) is 8.68. The van der Waals surface area contributed by atoms with Crippen molar-refractivity contribution >= 4 is 17.5 Å². The Morgan fingerprint density at radius 3 is 2.41 bits per heavy atom. The zero-order valence-corrected chi connectivity index (χ0v) is 15.2. The lowest BCUT2D eigenvalue weighted by Crippen LogP contribution is -2.37. The van der Waals surface area contributed by atoms with Gasteiger partial charge in [0, 0.05) is 30.3 Å². The second-order valence-electron chi connectivity index (χ2n) is 6.78. The van der Waals surface area contributed by atoms with E-state index < -0.39 is 23.7 Å². The second-order valence-corrected chi connectivity index (χ2v) is 6.78. The average molecular weight is 406 g/mol. The second kappa shape index (κ2) is 7.31. The van der Waals surface area contributed by atoms with E-state index in [0.717, 1.165) is 24.3 Å². The molecule has 2 aromatic carbocycles. The van der Waals surface area contributed by atoms with E-state index in [-0.39, 0.29) is 24.4 Å². The first-order valence-corrected chi connectivity index (χ1v) is 8.99. The molecule has 0 aliphatic carbocycles. The molecule has 6 nitrogen and oxygen atoms in total. The van der Waals surface area contributed by atoms with Crippen molar-refractivity contribution in [2.45, 2.75) is 18.6 Å². The van der Waals surface area contributed by atoms with E-state index in [4.69, 9.17) is 9.47 Å². The van der Waals surface area contributed by atoms with Crippen LogP contribution in [0.25, 0.3) is 0 Å². The van der Waals surface area contributed by atoms with Gasteiger partial charge >= 0.3 is 6.18 Å². The molecule has 2 aliphatic heterocycles. The molecule has 0 aromatic heterocycles. The fourth-order valence-corrected chi connectivity index (χ4v) is 3.33. The van der Waals surface area contributed by atoms with Gasteiger partial charge < -0.3 is 19.7 Å². The van der Waals surface area contributed by atoms with Crippen LogP contribution in [0.2, 0.25) is 0 Å². The molecule has 4 rings (SSSR count). The molecule has 1 N–H and O–H groups in total. The highest BCUT2D eigenvalue weighted by atomic mass is 19.4. The minimum absolute atomic E-state index is 0.0980. The highest BCUT2D eigenvalue weighted by Gasteiger charge is 2.33. The third-order valence-electron chi connectivity index (χ3n) is 4.77. The molecule has 1 atom stereocenters. The van der Waals surface area contributed by atoms with E-state index >= 15 is 0 Å². The van der Waals surface area contributed by atoms with Crippen LogP contribution in [0, 0.1) is 0 Å². The SMILES string of the molecule is O=C(N[C@@H]1CC(=O)N(c2ccc3c(c2)OCCO3)C1)c1ccc(C(F)(F)F)cc1. The minimum atomic E-state index is -4.46. The molecule has 2 aromatic rings. The summed E-state index contributed by atoms with van der Waals surface area (Å²) in [6.07, 6.45) is -4.36. The highest BCUT2D eigenvalue weighted by molar-refractivity contribution is 5.99. The summed E-state index contributed by atoms with van der Waals surface area (Å²) in [6.45, 7) is 1.15. The molecule has 1 fully saturated rings. The normalized spacial score (nSPS) is 18.7. The molecule has 152 valence electrons. The molecule has 2 amide bonds. The molecule has 1 saturated heterocycles. The molecule has 0 radical (unpaired) electrons. The number of carbonyl (C=O) groups is 2. The van der Waals surface area contributed by atoms with Crippen molar-refractivity contribution in [2.75, 3.05) is 24.7 Å². The van der Waals surface area contributed by atoms with Crippen LogP contribution in [-0.4, -0.2) is 37.6 Å². The van der Waals surface area contributed by atoms with Crippen molar-refractivity contribution in [1.29, 1.82) is 0 Å². The van der Waals surface area contributed by atoms with Crippen molar-refractivity contribution in [2.24, 2.45) is 0 Å². The summed E-state index contributed by atoms with van der Waals surface area (Å²) in [5.74, 6) is 0.470. The first kappa shape index (κ1) is 19.1. The van der Waals surface area contributed by atoms with Gasteiger partial charge in [-0.2, -0.15) is 13.2 Å². The molecule has 0 unspecified atom stereocenters. The molecular weight excluding hydrogens is 389 g/mol. The smallest absolute Gasteiger partial charge is 0.416 e. The molecule has 0 spiro atoms. The first-order chi connectivity index (χ1) is 13.8. The van der Waals surface area contributed by atoms with Gasteiger partial charge in [-0.3, -0.25) is 9.59 Å². The Morgan fingerprint density at radius 1 is 1.03 bits per heavy atom. The quantitative estimate of drug-likeness (QED) is 0.851. The number of carbonyl (C=O) groups excluding carboxylic acids is 2. The van der Waals surface area contributed by atoms with Crippen LogP contribution >= 0.6 is 0 Å². The Morgan fingerprint density at radius 2 is 1.72 bits per heavy atom. The zero-order chi connectivity index (χ0) is 20.6. The van der Waals surface area contributed by atoms with Crippen LogP contribution in [0.4, 0.5) is 18.9 Å². The summed E-state index contributed by atoms with van der Waals surface area (Å²) < 4.78 is 48.9. The predicted molar refractivity (Wildman–Crippen MR) is 97.1 cm³/mol. The zero-order valence-electron chi connectivity index (χ0n) is 15.2. The maximum atomic E-state index is 12.6. The number of amides is 2. The van der Waals surface area contributed by atoms with Gasteiger partial charge in [0.1, 0.15) is 13.2 Å². The highest BCUT2D eigenvalue weighted by Crippen LogP contribution is 2.35. The van der Waals surface area contributed by atoms with Crippen molar-refractivity contribution in [1.82, 2.24) is 5.32 Å². The molecule has 9 heteroatoms. The summed E-state index contributed by atoms with van der Waals surface area (Å²) in [5, 5.41) is 2.71. The van der Waals surface area contributed by atoms with Crippen LogP contribution < -0.4 is 19.7 Å². The Kier molecular flexibility index (Phi) is 4.81. The van der Waals surface area contributed by atoms with Crippen LogP contribution in [-0.2, 0) is 11.0 Å². The number of hydrogen-bond acceptors (Lipinski definition) is 4. The van der Waals surface area contributed by atoms with Crippen molar-refractivity contribution < 1.29 is 32.2 Å². The van der Waals surface area contributed by atoms with Gasteiger partial charge in [-0.05, 0) is 36.4 Å². The van der Waals surface area contributed by atoms with Gasteiger partial charge in [-0.25, -0.2) is 0 Å². The van der Waals surface area contributed by atoms with E-state index in [0.29, 0.717) is 30.4 Å². The number of halogens is 3. The van der Waals surface area contributed by atoms with Gasteiger partial charge in [0.2, 0.25) is 5.91 Å². The Labute approximate surface area is 164 Å². The lowest BCUT2D eigenvalue weighted by atomic mass is 10.1. The maximum Gasteiger partial charge on any atom is 0.416 e. The number of hydrogen-bond donors (Lipinski definition) is 1. The van der Waals surface area contributed by atoms with E-state index in [1.807, 2.05) is 0 Å². The van der Waals surface area contributed by atoms with Crippen LogP contribution in [0.15, 0.2) is 42.5 Å². The van der Waals surface area contributed by atoms with Gasteiger partial charge in [0.05, 0.1) is 11.6 Å². The van der Waals surface area contributed by atoms with Crippen molar-refractivity contribution in [3.05, 3.63) is 53.6 Å². The van der Waals surface area contributed by atoms with E-state index in [1.165, 1.54) is 4.90 Å². The van der Waals surface area contributed by atoms with E-state index in [2.05, 4.69) is 5.32 Å². The number of rotatable bonds is 3. The predicted octanol–water partition coefficient (Wildman–Crippen LogP) is 3.01. The average Bonchev–Trinajstić information content (AvgIpc) is 3.07. The number of alkyl halides is 3. The molecule has 29 heavy (non-hydrogen) atoms. The molecule has 2 heterocycles. The first-order valence-electron chi connectivity index (χ1n) is 8.99. The number of anilines is 1. The molecule has 0 saturated carbocycles. The lowest BCUT2D eigenvalue weighted by molar-refractivity contribution is -0.137. The van der Waals surface area contributed by atoms with Gasteiger partial charge in [0.25, 0.3) is 5.91 Å². The number of nitrogens with one attached hydrogen (secondary N) is 1. The van der Waals surface area contributed by atoms with Gasteiger partial charge in [-0.15, -0.1) is 0 Å². The molecular formula is C20H17F3N2O4. The lowest BCUT2D eigenvalue weighted by Gasteiger charge is -2.22. The Balaban J connectivity index is 1.42. The fraction of sp³-hybridized carbons (Fsp3) is 0.300. The van der Waals surface area contributed by atoms with Crippen molar-refractivity contribution in [3.8, 4) is 11.5 Å². The van der Waals surface area contributed by atoms with Crippen molar-refractivity contribution in [3.63, 3.8) is 0 Å². The summed E-state index contributed by atoms with van der Waals surface area (Å²) >= 11 is 0. The minimum Gasteiger partial charge on any atom is -0.486 e. The summed E-state index contributed by atoms with van der Waals surface area (Å²) in [4.78, 5) is 26.3. The third kappa shape index (κ3) is 3.98. The number of nitrogens with zero attached hydrogens (tertiary/aromatic N) is 1. The third-order valence-corrected chi connectivity index (χ3v) is 4.77. The van der Waals surface area contributed by atoms with Crippen LogP contribution in [0.3, 0.4) is 0 Å². The Hall–Kier alpha value is -3.23. The van der Waals surface area contributed by atoms with Crippen LogP contribution in [0.1, 0.15) is 22.3 Å².